The molecular formula is C8H10N4O2. The maximum atomic E-state index is 10.2. The summed E-state index contributed by atoms with van der Waals surface area (Å²) in [7, 11) is 1.63. The Kier molecular flexibility index (Phi) is 3.01. The molecule has 0 unspecified atom stereocenters. The second-order valence-electron chi connectivity index (χ2n) is 2.61. The van der Waals surface area contributed by atoms with Gasteiger partial charge in [-0.25, -0.2) is 0 Å². The predicted octanol–water partition coefficient (Wildman–Crippen LogP) is 0.552. The third-order valence-corrected chi connectivity index (χ3v) is 1.66. The molecule has 0 aliphatic heterocycles. The van der Waals surface area contributed by atoms with E-state index in [9.17, 15) is 10.1 Å². The van der Waals surface area contributed by atoms with E-state index in [1.807, 2.05) is 0 Å². The van der Waals surface area contributed by atoms with Gasteiger partial charge in [0.05, 0.1) is 16.8 Å². The maximum Gasteiger partial charge on any atom is 0.274 e. The van der Waals surface area contributed by atoms with Crippen LogP contribution in [0.25, 0.3) is 0 Å². The molecule has 0 aromatic carbocycles. The fourth-order valence-corrected chi connectivity index (χ4v) is 0.896. The van der Waals surface area contributed by atoms with Crippen LogP contribution in [0.2, 0.25) is 0 Å². The highest BCUT2D eigenvalue weighted by molar-refractivity contribution is 5.47. The van der Waals surface area contributed by atoms with Gasteiger partial charge in [-0.3, -0.25) is 15.1 Å². The van der Waals surface area contributed by atoms with Crippen LogP contribution in [0.15, 0.2) is 36.5 Å². The van der Waals surface area contributed by atoms with Gasteiger partial charge in [0.25, 0.3) is 6.20 Å². The minimum atomic E-state index is -0.595. The first-order chi connectivity index (χ1) is 6.61. The SMILES string of the molecule is CN(C(N)=C[N+](=O)[O-])c1cccnc1. The van der Waals surface area contributed by atoms with E-state index in [1.165, 1.54) is 4.90 Å². The van der Waals surface area contributed by atoms with E-state index in [0.717, 1.165) is 6.20 Å². The summed E-state index contributed by atoms with van der Waals surface area (Å²) >= 11 is 0. The summed E-state index contributed by atoms with van der Waals surface area (Å²) in [5.41, 5.74) is 6.17. The fraction of sp³-hybridized carbons (Fsp3) is 0.125. The first-order valence-electron chi connectivity index (χ1n) is 3.86. The van der Waals surface area contributed by atoms with Gasteiger partial charge in [-0.05, 0) is 12.1 Å². The van der Waals surface area contributed by atoms with Crippen LogP contribution in [0.4, 0.5) is 5.69 Å². The molecule has 1 rings (SSSR count). The smallest absolute Gasteiger partial charge is 0.274 e. The Hall–Kier alpha value is -2.11. The van der Waals surface area contributed by atoms with Crippen molar-refractivity contribution in [3.63, 3.8) is 0 Å². The van der Waals surface area contributed by atoms with E-state index in [2.05, 4.69) is 4.98 Å². The Bertz CT molecular complexity index is 350. The lowest BCUT2D eigenvalue weighted by molar-refractivity contribution is -0.403. The van der Waals surface area contributed by atoms with Crippen LogP contribution in [0, 0.1) is 10.1 Å². The summed E-state index contributed by atoms with van der Waals surface area (Å²) in [4.78, 5) is 14.9. The van der Waals surface area contributed by atoms with Gasteiger partial charge in [0.1, 0.15) is 0 Å². The third kappa shape index (κ3) is 2.44. The molecule has 0 atom stereocenters. The topological polar surface area (TPSA) is 85.3 Å². The van der Waals surface area contributed by atoms with Crippen molar-refractivity contribution in [3.8, 4) is 0 Å². The van der Waals surface area contributed by atoms with E-state index in [4.69, 9.17) is 5.73 Å². The normalized spacial score (nSPS) is 11.1. The van der Waals surface area contributed by atoms with Gasteiger partial charge in [0.15, 0.2) is 5.82 Å². The van der Waals surface area contributed by atoms with Gasteiger partial charge in [-0.15, -0.1) is 0 Å². The number of nitro groups is 1. The Morgan fingerprint density at radius 2 is 2.50 bits per heavy atom. The molecule has 1 aromatic heterocycles. The lowest BCUT2D eigenvalue weighted by atomic mass is 10.4. The van der Waals surface area contributed by atoms with Crippen molar-refractivity contribution in [1.82, 2.24) is 4.98 Å². The summed E-state index contributed by atoms with van der Waals surface area (Å²) in [6.07, 6.45) is 3.93. The Balaban J connectivity index is 2.86. The van der Waals surface area contributed by atoms with Gasteiger partial charge in [-0.1, -0.05) is 0 Å². The average Bonchev–Trinajstić information content (AvgIpc) is 2.17. The van der Waals surface area contributed by atoms with Crippen molar-refractivity contribution in [2.75, 3.05) is 11.9 Å². The molecule has 6 heteroatoms. The molecule has 6 nitrogen and oxygen atoms in total. The van der Waals surface area contributed by atoms with Crippen LogP contribution in [-0.4, -0.2) is 17.0 Å². The average molecular weight is 194 g/mol. The van der Waals surface area contributed by atoms with Gasteiger partial charge in [-0.2, -0.15) is 0 Å². The third-order valence-electron chi connectivity index (χ3n) is 1.66. The first kappa shape index (κ1) is 9.97. The molecule has 1 aromatic rings. The monoisotopic (exact) mass is 194 g/mol. The van der Waals surface area contributed by atoms with Crippen molar-refractivity contribution in [3.05, 3.63) is 46.7 Å². The van der Waals surface area contributed by atoms with Crippen LogP contribution in [0.1, 0.15) is 0 Å². The number of nitrogens with two attached hydrogens (primary N) is 1. The molecule has 14 heavy (non-hydrogen) atoms. The Labute approximate surface area is 80.8 Å². The summed E-state index contributed by atoms with van der Waals surface area (Å²) in [6.45, 7) is 0. The number of pyridine rings is 1. The minimum absolute atomic E-state index is 0.0583. The van der Waals surface area contributed by atoms with Gasteiger partial charge in [0.2, 0.25) is 0 Å². The van der Waals surface area contributed by atoms with Crippen LogP contribution in [0.5, 0.6) is 0 Å². The zero-order chi connectivity index (χ0) is 10.6. The van der Waals surface area contributed by atoms with Crippen molar-refractivity contribution in [1.29, 1.82) is 0 Å². The van der Waals surface area contributed by atoms with Gasteiger partial charge < -0.3 is 10.6 Å². The number of hydrogen-bond acceptors (Lipinski definition) is 5. The number of nitrogens with zero attached hydrogens (tertiary/aromatic N) is 3. The fourth-order valence-electron chi connectivity index (χ4n) is 0.896. The van der Waals surface area contributed by atoms with Gasteiger partial charge in [0, 0.05) is 13.2 Å². The summed E-state index contributed by atoms with van der Waals surface area (Å²) in [5.74, 6) is 0.0583. The zero-order valence-electron chi connectivity index (χ0n) is 7.62. The van der Waals surface area contributed by atoms with Crippen LogP contribution >= 0.6 is 0 Å². The van der Waals surface area contributed by atoms with Crippen LogP contribution in [-0.2, 0) is 0 Å². The molecule has 0 radical (unpaired) electrons. The number of aromatic nitrogens is 1. The second-order valence-corrected chi connectivity index (χ2v) is 2.61. The highest BCUT2D eigenvalue weighted by Gasteiger charge is 2.06. The van der Waals surface area contributed by atoms with Crippen molar-refractivity contribution in [2.45, 2.75) is 0 Å². The molecule has 0 bridgehead atoms. The highest BCUT2D eigenvalue weighted by Crippen LogP contribution is 2.11. The molecule has 74 valence electrons. The summed E-state index contributed by atoms with van der Waals surface area (Å²) in [5, 5.41) is 10.2. The molecule has 1 heterocycles. The zero-order valence-corrected chi connectivity index (χ0v) is 7.62. The Morgan fingerprint density at radius 1 is 1.79 bits per heavy atom. The standard InChI is InChI=1S/C8H10N4O2/c1-11(8(9)6-12(13)14)7-3-2-4-10-5-7/h2-6H,9H2,1H3. The lowest BCUT2D eigenvalue weighted by Crippen LogP contribution is -2.23. The van der Waals surface area contributed by atoms with Crippen LogP contribution < -0.4 is 10.6 Å². The number of hydrogen-bond donors (Lipinski definition) is 1. The molecule has 0 saturated heterocycles. The molecular weight excluding hydrogens is 184 g/mol. The second kappa shape index (κ2) is 4.22. The quantitative estimate of drug-likeness (QED) is 0.561. The van der Waals surface area contributed by atoms with E-state index in [-0.39, 0.29) is 5.82 Å². The van der Waals surface area contributed by atoms with Crippen molar-refractivity contribution < 1.29 is 4.92 Å². The molecule has 0 amide bonds. The molecule has 0 spiro atoms. The largest absolute Gasteiger partial charge is 0.380 e. The minimum Gasteiger partial charge on any atom is -0.380 e. The predicted molar refractivity (Wildman–Crippen MR) is 51.9 cm³/mol. The molecule has 0 saturated carbocycles. The maximum absolute atomic E-state index is 10.2. The highest BCUT2D eigenvalue weighted by atomic mass is 16.6. The first-order valence-corrected chi connectivity index (χ1v) is 3.86. The summed E-state index contributed by atoms with van der Waals surface area (Å²) < 4.78 is 0. The molecule has 0 aliphatic rings. The molecule has 0 aliphatic carbocycles. The molecule has 0 fully saturated rings. The Morgan fingerprint density at radius 3 is 3.00 bits per heavy atom. The molecule has 2 N–H and O–H groups in total. The summed E-state index contributed by atoms with van der Waals surface area (Å²) in [6, 6.07) is 3.49. The van der Waals surface area contributed by atoms with Crippen molar-refractivity contribution >= 4 is 5.69 Å². The van der Waals surface area contributed by atoms with Crippen LogP contribution in [0.3, 0.4) is 0 Å². The van der Waals surface area contributed by atoms with E-state index in [1.54, 1.807) is 31.6 Å². The van der Waals surface area contributed by atoms with E-state index < -0.39 is 4.92 Å². The van der Waals surface area contributed by atoms with Gasteiger partial charge >= 0.3 is 0 Å². The van der Waals surface area contributed by atoms with E-state index in [0.29, 0.717) is 5.69 Å². The number of rotatable bonds is 3. The van der Waals surface area contributed by atoms with Crippen molar-refractivity contribution in [2.24, 2.45) is 5.73 Å². The van der Waals surface area contributed by atoms with E-state index >= 15 is 0 Å². The lowest BCUT2D eigenvalue weighted by Gasteiger charge is -2.16. The number of anilines is 1.